The van der Waals surface area contributed by atoms with Gasteiger partial charge >= 0.3 is 11.9 Å². The van der Waals surface area contributed by atoms with Crippen molar-refractivity contribution in [1.82, 2.24) is 4.57 Å². The highest BCUT2D eigenvalue weighted by Crippen LogP contribution is 2.23. The normalized spacial score (nSPS) is 14.7. The van der Waals surface area contributed by atoms with E-state index in [1.165, 1.54) is 24.7 Å². The zero-order chi connectivity index (χ0) is 18.0. The van der Waals surface area contributed by atoms with Crippen LogP contribution in [0.3, 0.4) is 0 Å². The smallest absolute Gasteiger partial charge is 0.325 e. The van der Waals surface area contributed by atoms with Crippen molar-refractivity contribution < 1.29 is 23.8 Å². The van der Waals surface area contributed by atoms with Gasteiger partial charge in [0.25, 0.3) is 0 Å². The molecule has 8 heteroatoms. The van der Waals surface area contributed by atoms with E-state index in [2.05, 4.69) is 4.99 Å². The lowest BCUT2D eigenvalue weighted by atomic mass is 10.1. The first-order chi connectivity index (χ1) is 12.0. The predicted octanol–water partition coefficient (Wildman–Crippen LogP) is 1.81. The van der Waals surface area contributed by atoms with E-state index in [0.717, 1.165) is 21.3 Å². The number of amides is 1. The van der Waals surface area contributed by atoms with Gasteiger partial charge in [-0.3, -0.25) is 9.59 Å². The van der Waals surface area contributed by atoms with Crippen molar-refractivity contribution in [2.45, 2.75) is 20.4 Å². The number of benzene rings is 1. The molecule has 2 aromatic rings. The molecular weight excluding hydrogens is 344 g/mol. The van der Waals surface area contributed by atoms with E-state index in [1.54, 1.807) is 4.57 Å². The second-order valence-corrected chi connectivity index (χ2v) is 6.57. The van der Waals surface area contributed by atoms with Gasteiger partial charge in [-0.15, -0.1) is 0 Å². The van der Waals surface area contributed by atoms with Gasteiger partial charge < -0.3 is 18.8 Å². The van der Waals surface area contributed by atoms with E-state index >= 15 is 0 Å². The number of carbonyl (C=O) groups excluding carboxylic acids is 2. The predicted molar refractivity (Wildman–Crippen MR) is 91.9 cm³/mol. The Bertz CT molecular complexity index is 938. The third-order valence-corrected chi connectivity index (χ3v) is 4.92. The Hall–Kier alpha value is -2.61. The maximum absolute atomic E-state index is 12.3. The van der Waals surface area contributed by atoms with Crippen LogP contribution in [0.15, 0.2) is 29.1 Å². The number of esters is 1. The number of fused-ring (bicyclic) bond motifs is 1. The Labute approximate surface area is 148 Å². The summed E-state index contributed by atoms with van der Waals surface area (Å²) in [6.07, 6.45) is 1.27. The number of hydrogen-bond donors (Lipinski definition) is 0. The molecule has 2 heterocycles. The summed E-state index contributed by atoms with van der Waals surface area (Å²) in [5.74, 6) is -0.898. The number of aryl methyl sites for hydroxylation is 2. The molecule has 1 aromatic carbocycles. The minimum absolute atomic E-state index is 0.0259. The second-order valence-electron chi connectivity index (χ2n) is 5.60. The fourth-order valence-corrected chi connectivity index (χ4v) is 3.64. The quantitative estimate of drug-likeness (QED) is 0.778. The molecule has 0 bridgehead atoms. The standard InChI is InChI=1S/C17H18N2O5S/c1-10-6-11(2)15-12(7-10)19(8-14(20)22-3)17(25-15)18-16(21)13-9-23-4-5-24-13/h6-7,9H,4-5,8H2,1-3H3. The molecule has 0 saturated carbocycles. The fraction of sp³-hybridized carbons (Fsp3) is 0.353. The molecule has 25 heavy (non-hydrogen) atoms. The highest BCUT2D eigenvalue weighted by Gasteiger charge is 2.17. The van der Waals surface area contributed by atoms with E-state index in [-0.39, 0.29) is 12.3 Å². The molecule has 0 fully saturated rings. The monoisotopic (exact) mass is 362 g/mol. The summed E-state index contributed by atoms with van der Waals surface area (Å²) >= 11 is 1.35. The number of thiazole rings is 1. The van der Waals surface area contributed by atoms with Crippen LogP contribution in [0.2, 0.25) is 0 Å². The van der Waals surface area contributed by atoms with Crippen molar-refractivity contribution >= 4 is 33.4 Å². The summed E-state index contributed by atoms with van der Waals surface area (Å²) in [6, 6.07) is 4.01. The van der Waals surface area contributed by atoms with Gasteiger partial charge in [0.05, 0.1) is 17.3 Å². The molecule has 0 spiro atoms. The average molecular weight is 362 g/mol. The molecule has 7 nitrogen and oxygen atoms in total. The number of ether oxygens (including phenoxy) is 3. The number of hydrogen-bond acceptors (Lipinski definition) is 6. The van der Waals surface area contributed by atoms with Crippen LogP contribution in [-0.4, -0.2) is 36.8 Å². The second kappa shape index (κ2) is 7.10. The molecule has 3 rings (SSSR count). The Morgan fingerprint density at radius 2 is 2.12 bits per heavy atom. The van der Waals surface area contributed by atoms with Crippen LogP contribution in [0.5, 0.6) is 0 Å². The molecule has 1 amide bonds. The first-order valence-corrected chi connectivity index (χ1v) is 8.52. The summed E-state index contributed by atoms with van der Waals surface area (Å²) in [4.78, 5) is 28.7. The Morgan fingerprint density at radius 3 is 2.80 bits per heavy atom. The van der Waals surface area contributed by atoms with Gasteiger partial charge in [0.2, 0.25) is 5.76 Å². The molecule has 0 saturated heterocycles. The average Bonchev–Trinajstić information content (AvgIpc) is 2.93. The number of methoxy groups -OCH3 is 1. The maximum atomic E-state index is 12.3. The summed E-state index contributed by atoms with van der Waals surface area (Å²) in [6.45, 7) is 4.65. The summed E-state index contributed by atoms with van der Waals surface area (Å²) in [5.41, 5.74) is 2.96. The van der Waals surface area contributed by atoms with Gasteiger partial charge in [-0.25, -0.2) is 0 Å². The topological polar surface area (TPSA) is 79.1 Å². The number of nitrogens with zero attached hydrogens (tertiary/aromatic N) is 2. The van der Waals surface area contributed by atoms with Crippen molar-refractivity contribution in [3.63, 3.8) is 0 Å². The van der Waals surface area contributed by atoms with Gasteiger partial charge in [-0.2, -0.15) is 4.99 Å². The van der Waals surface area contributed by atoms with Crippen LogP contribution in [-0.2, 0) is 30.3 Å². The molecule has 132 valence electrons. The molecule has 1 aliphatic rings. The van der Waals surface area contributed by atoms with Crippen LogP contribution in [0.1, 0.15) is 11.1 Å². The van der Waals surface area contributed by atoms with Gasteiger partial charge in [-0.1, -0.05) is 17.4 Å². The van der Waals surface area contributed by atoms with Crippen LogP contribution >= 0.6 is 11.3 Å². The third-order valence-electron chi connectivity index (χ3n) is 3.69. The molecule has 0 aliphatic carbocycles. The molecule has 1 aromatic heterocycles. The molecular formula is C17H18N2O5S. The van der Waals surface area contributed by atoms with E-state index in [4.69, 9.17) is 14.2 Å². The minimum atomic E-state index is -0.542. The maximum Gasteiger partial charge on any atom is 0.325 e. The van der Waals surface area contributed by atoms with Crippen molar-refractivity contribution in [1.29, 1.82) is 0 Å². The zero-order valence-electron chi connectivity index (χ0n) is 14.2. The molecule has 1 aliphatic heterocycles. The van der Waals surface area contributed by atoms with Crippen LogP contribution in [0.4, 0.5) is 0 Å². The summed E-state index contributed by atoms with van der Waals surface area (Å²) < 4.78 is 17.8. The first-order valence-electron chi connectivity index (χ1n) is 7.70. The first kappa shape index (κ1) is 17.2. The van der Waals surface area contributed by atoms with Crippen molar-refractivity contribution in [3.05, 3.63) is 40.1 Å². The minimum Gasteiger partial charge on any atom is -0.494 e. The van der Waals surface area contributed by atoms with Crippen LogP contribution < -0.4 is 4.80 Å². The van der Waals surface area contributed by atoms with E-state index in [9.17, 15) is 9.59 Å². The summed E-state index contributed by atoms with van der Waals surface area (Å²) in [5, 5.41) is 0. The van der Waals surface area contributed by atoms with Crippen LogP contribution in [0, 0.1) is 13.8 Å². The van der Waals surface area contributed by atoms with Gasteiger partial charge in [-0.05, 0) is 31.0 Å². The fourth-order valence-electron chi connectivity index (χ4n) is 2.57. The summed E-state index contributed by atoms with van der Waals surface area (Å²) in [7, 11) is 1.33. The zero-order valence-corrected chi connectivity index (χ0v) is 15.0. The van der Waals surface area contributed by atoms with E-state index in [0.29, 0.717) is 18.0 Å². The van der Waals surface area contributed by atoms with Crippen molar-refractivity contribution in [3.8, 4) is 0 Å². The lowest BCUT2D eigenvalue weighted by Crippen LogP contribution is -2.23. The lowest BCUT2D eigenvalue weighted by molar-refractivity contribution is -0.141. The van der Waals surface area contributed by atoms with Crippen molar-refractivity contribution in [2.24, 2.45) is 4.99 Å². The van der Waals surface area contributed by atoms with Gasteiger partial charge in [0, 0.05) is 0 Å². The Morgan fingerprint density at radius 1 is 1.32 bits per heavy atom. The molecule has 0 unspecified atom stereocenters. The highest BCUT2D eigenvalue weighted by atomic mass is 32.1. The third kappa shape index (κ3) is 3.58. The molecule has 0 atom stereocenters. The number of aromatic nitrogens is 1. The van der Waals surface area contributed by atoms with Crippen LogP contribution in [0.25, 0.3) is 10.2 Å². The number of carbonyl (C=O) groups is 2. The van der Waals surface area contributed by atoms with E-state index < -0.39 is 11.9 Å². The van der Waals surface area contributed by atoms with Gasteiger partial charge in [0.15, 0.2) is 4.80 Å². The Balaban J connectivity index is 2.15. The lowest BCUT2D eigenvalue weighted by Gasteiger charge is -2.12. The van der Waals surface area contributed by atoms with E-state index in [1.807, 2.05) is 26.0 Å². The Kier molecular flexibility index (Phi) is 4.89. The van der Waals surface area contributed by atoms with Crippen molar-refractivity contribution in [2.75, 3.05) is 20.3 Å². The number of rotatable bonds is 3. The molecule has 0 N–H and O–H groups in total. The molecule has 0 radical (unpaired) electrons. The van der Waals surface area contributed by atoms with Gasteiger partial charge in [0.1, 0.15) is 26.0 Å². The largest absolute Gasteiger partial charge is 0.494 e. The highest BCUT2D eigenvalue weighted by molar-refractivity contribution is 7.16. The SMILES string of the molecule is COC(=O)Cn1c(=NC(=O)C2=COCCO2)sc2c(C)cc(C)cc21.